The Morgan fingerprint density at radius 2 is 1.84 bits per heavy atom. The summed E-state index contributed by atoms with van der Waals surface area (Å²) in [5.74, 6) is 0.782. The Hall–Kier alpha value is -3.29. The van der Waals surface area contributed by atoms with E-state index < -0.39 is 5.69 Å². The average Bonchev–Trinajstić information content (AvgIpc) is 2.98. The van der Waals surface area contributed by atoms with E-state index in [2.05, 4.69) is 34.0 Å². The van der Waals surface area contributed by atoms with Gasteiger partial charge in [0.1, 0.15) is 18.2 Å². The van der Waals surface area contributed by atoms with E-state index in [-0.39, 0.29) is 17.7 Å². The van der Waals surface area contributed by atoms with Gasteiger partial charge in [0.15, 0.2) is 5.82 Å². The van der Waals surface area contributed by atoms with Crippen LogP contribution in [0.15, 0.2) is 41.5 Å². The first-order chi connectivity index (χ1) is 15.2. The molecule has 8 heteroatoms. The second-order valence-electron chi connectivity index (χ2n) is 10.0. The van der Waals surface area contributed by atoms with Crippen LogP contribution >= 0.6 is 0 Å². The van der Waals surface area contributed by atoms with E-state index >= 15 is 0 Å². The van der Waals surface area contributed by atoms with Crippen LogP contribution in [0.2, 0.25) is 0 Å². The van der Waals surface area contributed by atoms with Crippen LogP contribution in [0.25, 0.3) is 22.6 Å². The summed E-state index contributed by atoms with van der Waals surface area (Å²) >= 11 is 0. The smallest absolute Gasteiger partial charge is 0.350 e. The lowest BCUT2D eigenvalue weighted by molar-refractivity contribution is 0.0401. The van der Waals surface area contributed by atoms with Gasteiger partial charge in [0.2, 0.25) is 5.88 Å². The second kappa shape index (κ2) is 7.39. The lowest BCUT2D eigenvalue weighted by Crippen LogP contribution is -2.36. The van der Waals surface area contributed by atoms with Gasteiger partial charge in [0, 0.05) is 24.2 Å². The minimum Gasteiger partial charge on any atom is -0.507 e. The predicted octanol–water partition coefficient (Wildman–Crippen LogP) is 3.74. The highest BCUT2D eigenvalue weighted by atomic mass is 16.5. The average molecular weight is 434 g/mol. The van der Waals surface area contributed by atoms with Gasteiger partial charge in [-0.3, -0.25) is 4.57 Å². The number of rotatable bonds is 4. The minimum atomic E-state index is -0.408. The molecule has 0 radical (unpaired) electrons. The number of aromatic nitrogens is 5. The Balaban J connectivity index is 1.33. The van der Waals surface area contributed by atoms with Crippen molar-refractivity contribution in [3.05, 3.63) is 47.1 Å². The monoisotopic (exact) mass is 433 g/mol. The molecule has 2 aliphatic carbocycles. The van der Waals surface area contributed by atoms with E-state index in [1.54, 1.807) is 31.3 Å². The van der Waals surface area contributed by atoms with Crippen molar-refractivity contribution >= 4 is 0 Å². The fourth-order valence-corrected chi connectivity index (χ4v) is 5.53. The maximum Gasteiger partial charge on any atom is 0.350 e. The number of ether oxygens (including phenoxy) is 1. The molecule has 1 N–H and O–H groups in total. The summed E-state index contributed by atoms with van der Waals surface area (Å²) in [6, 6.07) is 8.59. The molecule has 3 aromatic rings. The van der Waals surface area contributed by atoms with Crippen molar-refractivity contribution in [3.63, 3.8) is 0 Å². The van der Waals surface area contributed by atoms with Gasteiger partial charge < -0.3 is 9.84 Å². The van der Waals surface area contributed by atoms with E-state index in [1.165, 1.54) is 36.2 Å². The summed E-state index contributed by atoms with van der Waals surface area (Å²) in [5.41, 5.74) is 1.94. The number of benzene rings is 1. The van der Waals surface area contributed by atoms with Crippen molar-refractivity contribution in [2.45, 2.75) is 52.1 Å². The zero-order valence-corrected chi connectivity index (χ0v) is 18.6. The summed E-state index contributed by atoms with van der Waals surface area (Å²) < 4.78 is 7.49. The molecule has 1 unspecified atom stereocenters. The number of nitrogens with zero attached hydrogens (tertiary/aromatic N) is 5. The number of fused-ring (bicyclic) bond motifs is 2. The lowest BCUT2D eigenvalue weighted by atomic mass is 9.69. The van der Waals surface area contributed by atoms with Gasteiger partial charge in [0.25, 0.3) is 0 Å². The maximum atomic E-state index is 11.8. The summed E-state index contributed by atoms with van der Waals surface area (Å²) in [6.45, 7) is 4.74. The molecule has 3 atom stereocenters. The van der Waals surface area contributed by atoms with E-state index in [4.69, 9.17) is 4.74 Å². The molecule has 2 aromatic heterocycles. The Kier molecular flexibility index (Phi) is 4.76. The van der Waals surface area contributed by atoms with Crippen LogP contribution in [-0.4, -0.2) is 35.9 Å². The Labute approximate surface area is 186 Å². The molecule has 0 spiro atoms. The third kappa shape index (κ3) is 3.85. The molecule has 2 saturated carbocycles. The first kappa shape index (κ1) is 20.6. The van der Waals surface area contributed by atoms with E-state index in [9.17, 15) is 9.90 Å². The summed E-state index contributed by atoms with van der Waals surface area (Å²) in [7, 11) is 1.58. The van der Waals surface area contributed by atoms with Crippen LogP contribution in [0.4, 0.5) is 0 Å². The molecule has 2 bridgehead atoms. The van der Waals surface area contributed by atoms with Gasteiger partial charge in [-0.15, -0.1) is 10.2 Å². The molecule has 2 aliphatic rings. The molecule has 0 amide bonds. The van der Waals surface area contributed by atoms with Crippen LogP contribution in [0.1, 0.15) is 46.0 Å². The highest BCUT2D eigenvalue weighted by molar-refractivity contribution is 5.71. The molecule has 166 valence electrons. The summed E-state index contributed by atoms with van der Waals surface area (Å²) in [6.07, 6.45) is 7.49. The molecule has 2 fully saturated rings. The topological polar surface area (TPSA) is 103 Å². The van der Waals surface area contributed by atoms with Crippen molar-refractivity contribution in [1.29, 1.82) is 0 Å². The molecular weight excluding hydrogens is 406 g/mol. The molecule has 2 heterocycles. The molecule has 5 rings (SSSR count). The van der Waals surface area contributed by atoms with Gasteiger partial charge in [-0.2, -0.15) is 4.98 Å². The van der Waals surface area contributed by atoms with Crippen LogP contribution in [0.5, 0.6) is 11.6 Å². The highest BCUT2D eigenvalue weighted by Gasteiger charge is 2.49. The van der Waals surface area contributed by atoms with Crippen molar-refractivity contribution in [1.82, 2.24) is 24.7 Å². The molecule has 32 heavy (non-hydrogen) atoms. The van der Waals surface area contributed by atoms with Gasteiger partial charge >= 0.3 is 5.69 Å². The van der Waals surface area contributed by atoms with Gasteiger partial charge in [-0.1, -0.05) is 19.9 Å². The molecule has 8 nitrogen and oxygen atoms in total. The van der Waals surface area contributed by atoms with E-state index in [0.29, 0.717) is 33.5 Å². The third-order valence-corrected chi connectivity index (χ3v) is 6.94. The first-order valence-electron chi connectivity index (χ1n) is 11.0. The third-order valence-electron chi connectivity index (χ3n) is 6.94. The summed E-state index contributed by atoms with van der Waals surface area (Å²) in [4.78, 5) is 19.8. The predicted molar refractivity (Wildman–Crippen MR) is 119 cm³/mol. The summed E-state index contributed by atoms with van der Waals surface area (Å²) in [5, 5.41) is 19.1. The van der Waals surface area contributed by atoms with Crippen LogP contribution < -0.4 is 10.4 Å². The fourth-order valence-electron chi connectivity index (χ4n) is 5.53. The van der Waals surface area contributed by atoms with Gasteiger partial charge in [0.05, 0.1) is 5.69 Å². The van der Waals surface area contributed by atoms with Crippen LogP contribution in [-0.2, 0) is 7.05 Å². The van der Waals surface area contributed by atoms with E-state index in [1.807, 2.05) is 0 Å². The Morgan fingerprint density at radius 3 is 2.47 bits per heavy atom. The number of hydrogen-bond donors (Lipinski definition) is 1. The minimum absolute atomic E-state index is 0.0134. The van der Waals surface area contributed by atoms with Gasteiger partial charge in [-0.25, -0.2) is 9.78 Å². The second-order valence-corrected chi connectivity index (χ2v) is 10.0. The first-order valence-corrected chi connectivity index (χ1v) is 11.0. The Bertz CT molecular complexity index is 1210. The molecular formula is C24H27N5O3. The lowest BCUT2D eigenvalue weighted by Gasteiger charge is -2.39. The number of phenolic OH excluding ortho intramolecular Hbond substituents is 1. The van der Waals surface area contributed by atoms with Crippen molar-refractivity contribution in [2.24, 2.45) is 17.9 Å². The van der Waals surface area contributed by atoms with Crippen molar-refractivity contribution in [3.8, 4) is 34.3 Å². The maximum absolute atomic E-state index is 11.8. The number of phenols is 1. The largest absolute Gasteiger partial charge is 0.507 e. The van der Waals surface area contributed by atoms with E-state index in [0.717, 1.165) is 12.8 Å². The fraction of sp³-hybridized carbons (Fsp3) is 0.458. The zero-order valence-electron chi connectivity index (χ0n) is 18.6. The molecule has 0 saturated heterocycles. The number of hydrogen-bond acceptors (Lipinski definition) is 7. The van der Waals surface area contributed by atoms with Crippen LogP contribution in [0, 0.1) is 10.8 Å². The van der Waals surface area contributed by atoms with Crippen molar-refractivity contribution < 1.29 is 9.84 Å². The number of aromatic hydroxyl groups is 1. The molecule has 1 aromatic carbocycles. The SMILES string of the molecule is Cn1cnc(-c2ccc(-c3ccc(OC4C[C@]5(C)CC[C@](C)(C4)C5)nn3)c(O)c2)nc1=O. The van der Waals surface area contributed by atoms with Crippen LogP contribution in [0.3, 0.4) is 0 Å². The standard InChI is InChI=1S/C24H27N5O3/c1-23-8-9-24(2,13-23)12-16(11-23)32-20-7-6-18(27-28-20)17-5-4-15(10-19(17)30)21-25-14-29(3)22(31)26-21/h4-7,10,14,16,30H,8-9,11-13H2,1-3H3/t16?,23-,24+. The number of aryl methyl sites for hydroxylation is 1. The zero-order chi connectivity index (χ0) is 22.5. The normalized spacial score (nSPS) is 26.8. The quantitative estimate of drug-likeness (QED) is 0.668. The highest BCUT2D eigenvalue weighted by Crippen LogP contribution is 2.58. The molecule has 0 aliphatic heterocycles. The van der Waals surface area contributed by atoms with Crippen molar-refractivity contribution in [2.75, 3.05) is 0 Å². The van der Waals surface area contributed by atoms with Gasteiger partial charge in [-0.05, 0) is 61.1 Å². The Morgan fingerprint density at radius 1 is 1.09 bits per heavy atom.